The smallest absolute Gasteiger partial charge is 0.273 e. The van der Waals surface area contributed by atoms with Crippen molar-refractivity contribution in [2.45, 2.75) is 17.7 Å². The van der Waals surface area contributed by atoms with Crippen molar-refractivity contribution in [1.29, 1.82) is 0 Å². The van der Waals surface area contributed by atoms with Crippen LogP contribution in [0.3, 0.4) is 0 Å². The molecule has 1 heterocycles. The van der Waals surface area contributed by atoms with Crippen LogP contribution in [0.2, 0.25) is 5.02 Å². The molecular formula is C19H19ClN4O5S. The largest absolute Gasteiger partial charge is 0.278 e. The van der Waals surface area contributed by atoms with E-state index in [1.165, 1.54) is 46.9 Å². The predicted molar refractivity (Wildman–Crippen MR) is 112 cm³/mol. The molecule has 1 fully saturated rings. The van der Waals surface area contributed by atoms with Gasteiger partial charge in [-0.3, -0.25) is 14.9 Å². The van der Waals surface area contributed by atoms with Crippen LogP contribution in [0.5, 0.6) is 0 Å². The standard InChI is InChI=1S/C19H19ClN4O5S/c20-16-5-7-17(8-6-16)30(28,29)23-11-9-14(10-12-23)19(25)22-21-13-15-3-1-2-4-18(15)24(26)27/h1-8,13-14H,9-12H2,(H,22,25)/b21-13-. The minimum absolute atomic E-state index is 0.115. The quantitative estimate of drug-likeness (QED) is 0.412. The Labute approximate surface area is 178 Å². The van der Waals surface area contributed by atoms with Crippen molar-refractivity contribution >= 4 is 39.4 Å². The van der Waals surface area contributed by atoms with Crippen molar-refractivity contribution in [3.05, 3.63) is 69.2 Å². The van der Waals surface area contributed by atoms with Gasteiger partial charge in [-0.05, 0) is 43.2 Å². The van der Waals surface area contributed by atoms with Gasteiger partial charge < -0.3 is 0 Å². The lowest BCUT2D eigenvalue weighted by atomic mass is 9.98. The first-order valence-electron chi connectivity index (χ1n) is 9.11. The fourth-order valence-electron chi connectivity index (χ4n) is 3.13. The summed E-state index contributed by atoms with van der Waals surface area (Å²) in [6.07, 6.45) is 1.91. The van der Waals surface area contributed by atoms with Crippen LogP contribution in [-0.2, 0) is 14.8 Å². The first-order chi connectivity index (χ1) is 14.3. The number of carbonyl (C=O) groups is 1. The molecule has 1 amide bonds. The van der Waals surface area contributed by atoms with E-state index in [0.717, 1.165) is 0 Å². The molecule has 0 atom stereocenters. The number of hydrogen-bond donors (Lipinski definition) is 1. The molecule has 0 unspecified atom stereocenters. The maximum absolute atomic E-state index is 12.7. The predicted octanol–water partition coefficient (Wildman–Crippen LogP) is 2.80. The lowest BCUT2D eigenvalue weighted by molar-refractivity contribution is -0.385. The van der Waals surface area contributed by atoms with Crippen molar-refractivity contribution < 1.29 is 18.1 Å². The van der Waals surface area contributed by atoms with Gasteiger partial charge in [0.25, 0.3) is 5.69 Å². The number of para-hydroxylation sites is 1. The van der Waals surface area contributed by atoms with Gasteiger partial charge in [-0.25, -0.2) is 13.8 Å². The Morgan fingerprint density at radius 3 is 2.43 bits per heavy atom. The zero-order valence-corrected chi connectivity index (χ0v) is 17.3. The normalized spacial score (nSPS) is 15.9. The number of halogens is 1. The van der Waals surface area contributed by atoms with Crippen LogP contribution >= 0.6 is 11.6 Å². The molecule has 0 saturated carbocycles. The number of nitro groups is 1. The van der Waals surface area contributed by atoms with Crippen LogP contribution in [0.25, 0.3) is 0 Å². The topological polar surface area (TPSA) is 122 Å². The van der Waals surface area contributed by atoms with Crippen molar-refractivity contribution in [3.63, 3.8) is 0 Å². The highest BCUT2D eigenvalue weighted by atomic mass is 35.5. The van der Waals surface area contributed by atoms with E-state index < -0.39 is 20.9 Å². The lowest BCUT2D eigenvalue weighted by Crippen LogP contribution is -2.42. The number of nitro benzene ring substituents is 1. The summed E-state index contributed by atoms with van der Waals surface area (Å²) in [7, 11) is -3.64. The zero-order chi connectivity index (χ0) is 21.7. The highest BCUT2D eigenvalue weighted by Gasteiger charge is 2.32. The molecule has 1 N–H and O–H groups in total. The van der Waals surface area contributed by atoms with Gasteiger partial charge in [0, 0.05) is 30.1 Å². The molecule has 3 rings (SSSR count). The van der Waals surface area contributed by atoms with Gasteiger partial charge in [-0.2, -0.15) is 9.41 Å². The molecule has 0 radical (unpaired) electrons. The third kappa shape index (κ3) is 5.02. The fraction of sp³-hybridized carbons (Fsp3) is 0.263. The number of hydrazone groups is 1. The number of nitrogens with one attached hydrogen (secondary N) is 1. The first kappa shape index (κ1) is 21.9. The summed E-state index contributed by atoms with van der Waals surface area (Å²) in [5.41, 5.74) is 2.54. The average molecular weight is 451 g/mol. The molecule has 1 aliphatic rings. The summed E-state index contributed by atoms with van der Waals surface area (Å²) < 4.78 is 26.7. The molecule has 0 aliphatic carbocycles. The summed E-state index contributed by atoms with van der Waals surface area (Å²) in [6.45, 7) is 0.411. The molecule has 2 aromatic rings. The number of carbonyl (C=O) groups excluding carboxylic acids is 1. The average Bonchev–Trinajstić information content (AvgIpc) is 2.74. The SMILES string of the molecule is O=C(N/N=C\c1ccccc1[N+](=O)[O-])C1CCN(S(=O)(=O)c2ccc(Cl)cc2)CC1. The summed E-state index contributed by atoms with van der Waals surface area (Å²) in [4.78, 5) is 23.0. The van der Waals surface area contributed by atoms with Crippen LogP contribution in [0.15, 0.2) is 58.5 Å². The number of sulfonamides is 1. The van der Waals surface area contributed by atoms with Gasteiger partial charge in [-0.1, -0.05) is 23.7 Å². The molecule has 30 heavy (non-hydrogen) atoms. The van der Waals surface area contributed by atoms with Crippen molar-refractivity contribution in [2.24, 2.45) is 11.0 Å². The van der Waals surface area contributed by atoms with Gasteiger partial charge in [0.1, 0.15) is 0 Å². The van der Waals surface area contributed by atoms with E-state index in [1.54, 1.807) is 12.1 Å². The van der Waals surface area contributed by atoms with E-state index in [1.807, 2.05) is 0 Å². The monoisotopic (exact) mass is 450 g/mol. The molecule has 9 nitrogen and oxygen atoms in total. The maximum Gasteiger partial charge on any atom is 0.278 e. The molecule has 0 spiro atoms. The summed E-state index contributed by atoms with van der Waals surface area (Å²) in [6, 6.07) is 12.0. The van der Waals surface area contributed by atoms with Crippen LogP contribution in [0.1, 0.15) is 18.4 Å². The molecule has 0 bridgehead atoms. The van der Waals surface area contributed by atoms with Gasteiger partial charge in [-0.15, -0.1) is 0 Å². The second-order valence-electron chi connectivity index (χ2n) is 6.68. The third-order valence-corrected chi connectivity index (χ3v) is 6.95. The van der Waals surface area contributed by atoms with Crippen LogP contribution in [0, 0.1) is 16.0 Å². The minimum Gasteiger partial charge on any atom is -0.273 e. The van der Waals surface area contributed by atoms with Gasteiger partial charge in [0.2, 0.25) is 15.9 Å². The van der Waals surface area contributed by atoms with Crippen molar-refractivity contribution in [2.75, 3.05) is 13.1 Å². The second kappa shape index (κ2) is 9.33. The Bertz CT molecular complexity index is 1060. The Morgan fingerprint density at radius 1 is 1.17 bits per heavy atom. The fourth-order valence-corrected chi connectivity index (χ4v) is 4.73. The maximum atomic E-state index is 12.7. The molecule has 1 saturated heterocycles. The van der Waals surface area contributed by atoms with Crippen LogP contribution < -0.4 is 5.43 Å². The molecule has 1 aliphatic heterocycles. The van der Waals surface area contributed by atoms with Crippen LogP contribution in [0.4, 0.5) is 5.69 Å². The Morgan fingerprint density at radius 2 is 1.80 bits per heavy atom. The number of hydrogen-bond acceptors (Lipinski definition) is 6. The first-order valence-corrected chi connectivity index (χ1v) is 10.9. The lowest BCUT2D eigenvalue weighted by Gasteiger charge is -2.30. The van der Waals surface area contributed by atoms with E-state index in [9.17, 15) is 23.3 Å². The summed E-state index contributed by atoms with van der Waals surface area (Å²) >= 11 is 5.81. The van der Waals surface area contributed by atoms with E-state index >= 15 is 0 Å². The second-order valence-corrected chi connectivity index (χ2v) is 9.06. The van der Waals surface area contributed by atoms with Crippen molar-refractivity contribution in [3.8, 4) is 0 Å². The Kier molecular flexibility index (Phi) is 6.80. The molecule has 11 heteroatoms. The molecular weight excluding hydrogens is 432 g/mol. The Balaban J connectivity index is 1.57. The van der Waals surface area contributed by atoms with E-state index in [2.05, 4.69) is 10.5 Å². The highest BCUT2D eigenvalue weighted by Crippen LogP contribution is 2.25. The zero-order valence-electron chi connectivity index (χ0n) is 15.8. The number of rotatable bonds is 6. The van der Waals surface area contributed by atoms with Gasteiger partial charge in [0.15, 0.2) is 0 Å². The van der Waals surface area contributed by atoms with Gasteiger partial charge >= 0.3 is 0 Å². The molecule has 158 valence electrons. The molecule has 0 aromatic heterocycles. The van der Waals surface area contributed by atoms with Crippen molar-refractivity contribution in [1.82, 2.24) is 9.73 Å². The minimum atomic E-state index is -3.64. The highest BCUT2D eigenvalue weighted by molar-refractivity contribution is 7.89. The number of piperidine rings is 1. The van der Waals surface area contributed by atoms with E-state index in [4.69, 9.17) is 11.6 Å². The number of amides is 1. The molecule has 2 aromatic carbocycles. The van der Waals surface area contributed by atoms with E-state index in [-0.39, 0.29) is 35.1 Å². The Hall–Kier alpha value is -2.82. The van der Waals surface area contributed by atoms with E-state index in [0.29, 0.717) is 17.9 Å². The van der Waals surface area contributed by atoms with Gasteiger partial charge in [0.05, 0.1) is 21.6 Å². The third-order valence-electron chi connectivity index (χ3n) is 4.79. The summed E-state index contributed by atoms with van der Waals surface area (Å²) in [5, 5.41) is 15.3. The number of benzene rings is 2. The van der Waals surface area contributed by atoms with Crippen LogP contribution in [-0.4, -0.2) is 42.9 Å². The number of nitrogens with zero attached hydrogens (tertiary/aromatic N) is 3. The summed E-state index contributed by atoms with van der Waals surface area (Å²) in [5.74, 6) is -0.752.